The lowest BCUT2D eigenvalue weighted by Gasteiger charge is -2.21. The minimum absolute atomic E-state index is 0.246. The van der Waals surface area contributed by atoms with Gasteiger partial charge in [-0.2, -0.15) is 0 Å². The van der Waals surface area contributed by atoms with Gasteiger partial charge in [0.05, 0.1) is 0 Å². The summed E-state index contributed by atoms with van der Waals surface area (Å²) in [6.45, 7) is 4.24. The van der Waals surface area contributed by atoms with Gasteiger partial charge in [0.25, 0.3) is 0 Å². The van der Waals surface area contributed by atoms with Crippen LogP contribution >= 0.6 is 0 Å². The van der Waals surface area contributed by atoms with Crippen LogP contribution in [0.4, 0.5) is 11.4 Å². The van der Waals surface area contributed by atoms with Crippen molar-refractivity contribution in [3.8, 4) is 0 Å². The highest BCUT2D eigenvalue weighted by molar-refractivity contribution is 5.95. The summed E-state index contributed by atoms with van der Waals surface area (Å²) >= 11 is 0. The fourth-order valence-corrected chi connectivity index (χ4v) is 3.41. The van der Waals surface area contributed by atoms with Gasteiger partial charge >= 0.3 is 0 Å². The van der Waals surface area contributed by atoms with Crippen molar-refractivity contribution in [1.29, 1.82) is 0 Å². The minimum atomic E-state index is 0.246. The number of hydrogen-bond acceptors (Lipinski definition) is 3. The number of hydrogen-bond donors (Lipinski definition) is 2. The third kappa shape index (κ3) is 3.56. The molecule has 0 saturated carbocycles. The van der Waals surface area contributed by atoms with Gasteiger partial charge in [0.15, 0.2) is 0 Å². The average molecular weight is 287 g/mol. The van der Waals surface area contributed by atoms with E-state index in [-0.39, 0.29) is 5.91 Å². The van der Waals surface area contributed by atoms with Gasteiger partial charge in [-0.25, -0.2) is 0 Å². The Morgan fingerprint density at radius 2 is 2.33 bits per heavy atom. The van der Waals surface area contributed by atoms with Gasteiger partial charge in [0.2, 0.25) is 5.91 Å². The van der Waals surface area contributed by atoms with Crippen molar-refractivity contribution in [3.05, 3.63) is 24.3 Å². The van der Waals surface area contributed by atoms with Gasteiger partial charge < -0.3 is 15.5 Å². The molecule has 2 atom stereocenters. The van der Waals surface area contributed by atoms with Gasteiger partial charge in [0, 0.05) is 36.4 Å². The second-order valence-corrected chi connectivity index (χ2v) is 6.27. The van der Waals surface area contributed by atoms with E-state index in [0.717, 1.165) is 37.3 Å². The number of carbonyl (C=O) groups excluding carboxylic acids is 1. The second kappa shape index (κ2) is 6.48. The molecule has 3 rings (SSSR count). The zero-order valence-electron chi connectivity index (χ0n) is 12.8. The fraction of sp³-hybridized carbons (Fsp3) is 0.588. The maximum Gasteiger partial charge on any atom is 0.227 e. The molecule has 2 unspecified atom stereocenters. The predicted octanol–water partition coefficient (Wildman–Crippen LogP) is 2.76. The Bertz CT molecular complexity index is 497. The quantitative estimate of drug-likeness (QED) is 0.875. The highest BCUT2D eigenvalue weighted by atomic mass is 16.2. The molecule has 1 amide bonds. The number of nitrogens with zero attached hydrogens (tertiary/aromatic N) is 1. The highest BCUT2D eigenvalue weighted by Gasteiger charge is 2.22. The molecule has 2 N–H and O–H groups in total. The zero-order valence-corrected chi connectivity index (χ0v) is 12.8. The lowest BCUT2D eigenvalue weighted by Crippen LogP contribution is -2.29. The number of benzene rings is 1. The van der Waals surface area contributed by atoms with Crippen LogP contribution in [0.5, 0.6) is 0 Å². The number of anilines is 2. The molecule has 0 aromatic heterocycles. The van der Waals surface area contributed by atoms with Crippen molar-refractivity contribution >= 4 is 17.3 Å². The van der Waals surface area contributed by atoms with Crippen LogP contribution in [0.3, 0.4) is 0 Å². The Hall–Kier alpha value is -1.55. The largest absolute Gasteiger partial charge is 0.382 e. The first-order chi connectivity index (χ1) is 10.2. The van der Waals surface area contributed by atoms with E-state index in [1.54, 1.807) is 0 Å². The summed E-state index contributed by atoms with van der Waals surface area (Å²) < 4.78 is 0. The maximum absolute atomic E-state index is 11.8. The SMILES string of the molecule is CC(CC1CCCN1)Nc1cccc(N2CCCC2=O)c1. The predicted molar refractivity (Wildman–Crippen MR) is 86.8 cm³/mol. The number of carbonyl (C=O) groups is 1. The van der Waals surface area contributed by atoms with Crippen LogP contribution in [0, 0.1) is 0 Å². The molecule has 4 heteroatoms. The van der Waals surface area contributed by atoms with Crippen LogP contribution in [-0.2, 0) is 4.79 Å². The van der Waals surface area contributed by atoms with E-state index in [1.165, 1.54) is 12.8 Å². The summed E-state index contributed by atoms with van der Waals surface area (Å²) in [5, 5.41) is 7.11. The Balaban J connectivity index is 1.61. The van der Waals surface area contributed by atoms with Crippen molar-refractivity contribution in [2.45, 2.75) is 51.1 Å². The molecule has 2 saturated heterocycles. The Labute approximate surface area is 126 Å². The molecule has 2 fully saturated rings. The normalized spacial score (nSPS) is 23.6. The van der Waals surface area contributed by atoms with Crippen LogP contribution in [0.15, 0.2) is 24.3 Å². The van der Waals surface area contributed by atoms with E-state index in [0.29, 0.717) is 18.5 Å². The molecule has 2 aliphatic rings. The van der Waals surface area contributed by atoms with Gasteiger partial charge in [-0.1, -0.05) is 6.07 Å². The van der Waals surface area contributed by atoms with Crippen LogP contribution in [0.2, 0.25) is 0 Å². The van der Waals surface area contributed by atoms with E-state index in [2.05, 4.69) is 29.7 Å². The molecule has 4 nitrogen and oxygen atoms in total. The lowest BCUT2D eigenvalue weighted by molar-refractivity contribution is -0.117. The topological polar surface area (TPSA) is 44.4 Å². The van der Waals surface area contributed by atoms with Crippen LogP contribution in [-0.4, -0.2) is 31.1 Å². The molecule has 2 aliphatic heterocycles. The third-order valence-corrected chi connectivity index (χ3v) is 4.44. The molecule has 0 spiro atoms. The van der Waals surface area contributed by atoms with Crippen molar-refractivity contribution in [3.63, 3.8) is 0 Å². The fourth-order valence-electron chi connectivity index (χ4n) is 3.41. The highest BCUT2D eigenvalue weighted by Crippen LogP contribution is 2.25. The summed E-state index contributed by atoms with van der Waals surface area (Å²) in [4.78, 5) is 13.7. The first-order valence-electron chi connectivity index (χ1n) is 8.13. The number of nitrogens with one attached hydrogen (secondary N) is 2. The van der Waals surface area contributed by atoms with E-state index < -0.39 is 0 Å². The van der Waals surface area contributed by atoms with Crippen LogP contribution in [0.1, 0.15) is 39.0 Å². The van der Waals surface area contributed by atoms with Gasteiger partial charge in [-0.3, -0.25) is 4.79 Å². The van der Waals surface area contributed by atoms with Crippen molar-refractivity contribution in [2.75, 3.05) is 23.3 Å². The molecule has 0 radical (unpaired) electrons. The lowest BCUT2D eigenvalue weighted by atomic mass is 10.1. The smallest absolute Gasteiger partial charge is 0.227 e. The Kier molecular flexibility index (Phi) is 4.44. The first-order valence-corrected chi connectivity index (χ1v) is 8.13. The summed E-state index contributed by atoms with van der Waals surface area (Å²) in [6, 6.07) is 9.33. The van der Waals surface area contributed by atoms with Crippen molar-refractivity contribution < 1.29 is 4.79 Å². The van der Waals surface area contributed by atoms with E-state index in [1.807, 2.05) is 17.0 Å². The van der Waals surface area contributed by atoms with Crippen LogP contribution in [0.25, 0.3) is 0 Å². The molecule has 1 aromatic carbocycles. The van der Waals surface area contributed by atoms with E-state index in [9.17, 15) is 4.79 Å². The monoisotopic (exact) mass is 287 g/mol. The maximum atomic E-state index is 11.8. The molecule has 0 aliphatic carbocycles. The number of rotatable bonds is 5. The van der Waals surface area contributed by atoms with E-state index in [4.69, 9.17) is 0 Å². The molecule has 114 valence electrons. The van der Waals surface area contributed by atoms with Crippen LogP contribution < -0.4 is 15.5 Å². The van der Waals surface area contributed by atoms with Crippen molar-refractivity contribution in [1.82, 2.24) is 5.32 Å². The number of amides is 1. The molecule has 21 heavy (non-hydrogen) atoms. The average Bonchev–Trinajstić information content (AvgIpc) is 3.10. The van der Waals surface area contributed by atoms with Gasteiger partial charge in [-0.15, -0.1) is 0 Å². The molecule has 0 bridgehead atoms. The Morgan fingerprint density at radius 1 is 1.43 bits per heavy atom. The van der Waals surface area contributed by atoms with E-state index >= 15 is 0 Å². The summed E-state index contributed by atoms with van der Waals surface area (Å²) in [5.74, 6) is 0.246. The van der Waals surface area contributed by atoms with Gasteiger partial charge in [-0.05, 0) is 57.4 Å². The minimum Gasteiger partial charge on any atom is -0.382 e. The standard InChI is InChI=1S/C17H25N3O/c1-13(11-14-6-3-9-18-14)19-15-5-2-7-16(12-15)20-10-4-8-17(20)21/h2,5,7,12-14,18-19H,3-4,6,8-11H2,1H3. The first kappa shape index (κ1) is 14.4. The summed E-state index contributed by atoms with van der Waals surface area (Å²) in [6.07, 6.45) is 5.38. The third-order valence-electron chi connectivity index (χ3n) is 4.44. The molecule has 1 aromatic rings. The van der Waals surface area contributed by atoms with Crippen molar-refractivity contribution in [2.24, 2.45) is 0 Å². The summed E-state index contributed by atoms with van der Waals surface area (Å²) in [7, 11) is 0. The Morgan fingerprint density at radius 3 is 3.05 bits per heavy atom. The molecular formula is C17H25N3O. The molecular weight excluding hydrogens is 262 g/mol. The summed E-state index contributed by atoms with van der Waals surface area (Å²) in [5.41, 5.74) is 2.13. The zero-order chi connectivity index (χ0) is 14.7. The molecule has 2 heterocycles. The van der Waals surface area contributed by atoms with Gasteiger partial charge in [0.1, 0.15) is 0 Å². The second-order valence-electron chi connectivity index (χ2n) is 6.27.